The number of hydrogen-bond donors (Lipinski definition) is 0. The van der Waals surface area contributed by atoms with Gasteiger partial charge in [-0.15, -0.1) is 0 Å². The summed E-state index contributed by atoms with van der Waals surface area (Å²) < 4.78 is 3.36. The van der Waals surface area contributed by atoms with Crippen LogP contribution in [0.2, 0.25) is 0 Å². The fourth-order valence-corrected chi connectivity index (χ4v) is 2.95. The van der Waals surface area contributed by atoms with Crippen molar-refractivity contribution in [3.05, 3.63) is 75.9 Å². The summed E-state index contributed by atoms with van der Waals surface area (Å²) in [6, 6.07) is 19.3. The molecular formula is C16H15N3OS. The van der Waals surface area contributed by atoms with Crippen molar-refractivity contribution in [3.8, 4) is 5.69 Å². The number of rotatable bonds is 3. The normalized spacial score (nSPS) is 11.8. The number of nitrogens with zero attached hydrogens (tertiary/aromatic N) is 3. The number of aryl methyl sites for hydroxylation is 1. The topological polar surface area (TPSA) is 39.3 Å². The van der Waals surface area contributed by atoms with Crippen LogP contribution < -0.4 is 10.5 Å². The Labute approximate surface area is 126 Å². The van der Waals surface area contributed by atoms with Crippen molar-refractivity contribution in [2.45, 2.75) is 13.5 Å². The molecule has 106 valence electrons. The molecule has 1 aromatic heterocycles. The Kier molecular flexibility index (Phi) is 3.83. The van der Waals surface area contributed by atoms with Gasteiger partial charge in [-0.2, -0.15) is 0 Å². The predicted molar refractivity (Wildman–Crippen MR) is 85.2 cm³/mol. The zero-order chi connectivity index (χ0) is 14.7. The van der Waals surface area contributed by atoms with E-state index in [4.69, 9.17) is 0 Å². The molecule has 21 heavy (non-hydrogen) atoms. The van der Waals surface area contributed by atoms with Gasteiger partial charge in [-0.05, 0) is 42.7 Å². The van der Waals surface area contributed by atoms with E-state index in [1.165, 1.54) is 11.5 Å². The van der Waals surface area contributed by atoms with E-state index in [1.807, 2.05) is 67.6 Å². The SMILES string of the molecule is CCn1sc(=Nc2ccccc2)n(-c2ccccc2)c1=O. The zero-order valence-electron chi connectivity index (χ0n) is 11.6. The number of benzene rings is 2. The van der Waals surface area contributed by atoms with Crippen LogP contribution in [0.25, 0.3) is 5.69 Å². The van der Waals surface area contributed by atoms with Crippen LogP contribution in [0.3, 0.4) is 0 Å². The highest BCUT2D eigenvalue weighted by molar-refractivity contribution is 7.03. The Morgan fingerprint density at radius 2 is 1.62 bits per heavy atom. The lowest BCUT2D eigenvalue weighted by molar-refractivity contribution is 0.753. The highest BCUT2D eigenvalue weighted by atomic mass is 32.1. The maximum absolute atomic E-state index is 12.5. The summed E-state index contributed by atoms with van der Waals surface area (Å²) in [7, 11) is 0. The Morgan fingerprint density at radius 3 is 2.24 bits per heavy atom. The van der Waals surface area contributed by atoms with Gasteiger partial charge in [0.05, 0.1) is 11.4 Å². The van der Waals surface area contributed by atoms with Gasteiger partial charge < -0.3 is 0 Å². The van der Waals surface area contributed by atoms with E-state index in [0.29, 0.717) is 11.3 Å². The van der Waals surface area contributed by atoms with E-state index in [0.717, 1.165) is 11.4 Å². The average Bonchev–Trinajstić information content (AvgIpc) is 2.85. The van der Waals surface area contributed by atoms with Crippen molar-refractivity contribution in [1.82, 2.24) is 8.52 Å². The Balaban J connectivity index is 2.26. The van der Waals surface area contributed by atoms with E-state index < -0.39 is 0 Å². The van der Waals surface area contributed by atoms with Gasteiger partial charge in [0, 0.05) is 6.54 Å². The molecule has 0 aliphatic heterocycles. The maximum Gasteiger partial charge on any atom is 0.344 e. The molecule has 0 bridgehead atoms. The fourth-order valence-electron chi connectivity index (χ4n) is 2.05. The minimum atomic E-state index is -0.0524. The minimum absolute atomic E-state index is 0.0524. The highest BCUT2D eigenvalue weighted by Gasteiger charge is 2.09. The van der Waals surface area contributed by atoms with Crippen LogP contribution in [-0.2, 0) is 6.54 Å². The zero-order valence-corrected chi connectivity index (χ0v) is 12.5. The molecule has 1 heterocycles. The monoisotopic (exact) mass is 297 g/mol. The molecule has 0 atom stereocenters. The van der Waals surface area contributed by atoms with Gasteiger partial charge in [-0.1, -0.05) is 36.4 Å². The fraction of sp³-hybridized carbons (Fsp3) is 0.125. The van der Waals surface area contributed by atoms with Crippen molar-refractivity contribution in [1.29, 1.82) is 0 Å². The summed E-state index contributed by atoms with van der Waals surface area (Å²) in [6.07, 6.45) is 0. The molecule has 0 saturated carbocycles. The molecule has 3 rings (SSSR count). The van der Waals surface area contributed by atoms with E-state index in [2.05, 4.69) is 4.99 Å². The van der Waals surface area contributed by atoms with Crippen LogP contribution in [0.5, 0.6) is 0 Å². The lowest BCUT2D eigenvalue weighted by Gasteiger charge is -2.00. The molecular weight excluding hydrogens is 282 g/mol. The summed E-state index contributed by atoms with van der Waals surface area (Å²) in [5.74, 6) is 0. The molecule has 0 fully saturated rings. The molecule has 0 aliphatic rings. The molecule has 4 nitrogen and oxygen atoms in total. The third-order valence-corrected chi connectivity index (χ3v) is 4.14. The lowest BCUT2D eigenvalue weighted by Crippen LogP contribution is -2.27. The van der Waals surface area contributed by atoms with Crippen molar-refractivity contribution in [2.75, 3.05) is 0 Å². The molecule has 0 spiro atoms. The smallest absolute Gasteiger partial charge is 0.246 e. The van der Waals surface area contributed by atoms with Crippen LogP contribution in [0.1, 0.15) is 6.92 Å². The third-order valence-electron chi connectivity index (χ3n) is 3.07. The predicted octanol–water partition coefficient (Wildman–Crippen LogP) is 2.95. The van der Waals surface area contributed by atoms with Gasteiger partial charge in [0.25, 0.3) is 0 Å². The second-order valence-electron chi connectivity index (χ2n) is 4.47. The van der Waals surface area contributed by atoms with E-state index in [-0.39, 0.29) is 5.69 Å². The first-order chi connectivity index (χ1) is 10.3. The van der Waals surface area contributed by atoms with Gasteiger partial charge in [-0.3, -0.25) is 0 Å². The van der Waals surface area contributed by atoms with Gasteiger partial charge >= 0.3 is 5.69 Å². The van der Waals surface area contributed by atoms with Gasteiger partial charge in [0.15, 0.2) is 0 Å². The second-order valence-corrected chi connectivity index (χ2v) is 5.46. The number of hydrogen-bond acceptors (Lipinski definition) is 3. The van der Waals surface area contributed by atoms with E-state index >= 15 is 0 Å². The summed E-state index contributed by atoms with van der Waals surface area (Å²) in [5, 5.41) is 0. The average molecular weight is 297 g/mol. The molecule has 3 aromatic rings. The first-order valence-electron chi connectivity index (χ1n) is 6.78. The van der Waals surface area contributed by atoms with Crippen LogP contribution in [0, 0.1) is 0 Å². The lowest BCUT2D eigenvalue weighted by atomic mass is 10.3. The van der Waals surface area contributed by atoms with Crippen LogP contribution >= 0.6 is 11.5 Å². The Morgan fingerprint density at radius 1 is 1.00 bits per heavy atom. The van der Waals surface area contributed by atoms with Gasteiger partial charge in [0.2, 0.25) is 4.80 Å². The molecule has 0 N–H and O–H groups in total. The Hall–Kier alpha value is -2.40. The molecule has 0 radical (unpaired) electrons. The van der Waals surface area contributed by atoms with Gasteiger partial charge in [0.1, 0.15) is 0 Å². The first kappa shape index (κ1) is 13.6. The van der Waals surface area contributed by atoms with Crippen LogP contribution in [0.4, 0.5) is 5.69 Å². The van der Waals surface area contributed by atoms with Crippen molar-refractivity contribution in [3.63, 3.8) is 0 Å². The molecule has 0 unspecified atom stereocenters. The number of para-hydroxylation sites is 2. The molecule has 0 aliphatic carbocycles. The summed E-state index contributed by atoms with van der Waals surface area (Å²) >= 11 is 1.38. The van der Waals surface area contributed by atoms with Crippen LogP contribution in [-0.4, -0.2) is 8.52 Å². The molecule has 0 saturated heterocycles. The highest BCUT2D eigenvalue weighted by Crippen LogP contribution is 2.09. The molecule has 2 aromatic carbocycles. The van der Waals surface area contributed by atoms with Crippen LogP contribution in [0.15, 0.2) is 70.5 Å². The minimum Gasteiger partial charge on any atom is -0.246 e. The van der Waals surface area contributed by atoms with Crippen molar-refractivity contribution >= 4 is 17.2 Å². The second kappa shape index (κ2) is 5.93. The summed E-state index contributed by atoms with van der Waals surface area (Å²) in [5.41, 5.74) is 1.62. The third kappa shape index (κ3) is 2.73. The Bertz CT molecular complexity index is 844. The van der Waals surface area contributed by atoms with Crippen molar-refractivity contribution in [2.24, 2.45) is 4.99 Å². The summed E-state index contributed by atoms with van der Waals surface area (Å²) in [6.45, 7) is 2.60. The largest absolute Gasteiger partial charge is 0.344 e. The van der Waals surface area contributed by atoms with E-state index in [1.54, 1.807) is 8.52 Å². The summed E-state index contributed by atoms with van der Waals surface area (Å²) in [4.78, 5) is 17.8. The maximum atomic E-state index is 12.5. The standard InChI is InChI=1S/C16H15N3OS/c1-2-18-16(20)19(14-11-7-4-8-12-14)15(21-18)17-13-9-5-3-6-10-13/h3-12H,2H2,1H3. The number of aromatic nitrogens is 2. The molecule has 0 amide bonds. The first-order valence-corrected chi connectivity index (χ1v) is 7.55. The quantitative estimate of drug-likeness (QED) is 0.732. The van der Waals surface area contributed by atoms with E-state index in [9.17, 15) is 4.79 Å². The molecule has 5 heteroatoms. The van der Waals surface area contributed by atoms with Gasteiger partial charge in [-0.25, -0.2) is 18.3 Å². The van der Waals surface area contributed by atoms with Crippen molar-refractivity contribution < 1.29 is 0 Å².